The third-order valence-electron chi connectivity index (χ3n) is 5.00. The fraction of sp³-hybridized carbons (Fsp3) is 0.200. The smallest absolute Gasteiger partial charge is 0.231 e. The lowest BCUT2D eigenvalue weighted by Gasteiger charge is -2.22. The number of benzene rings is 1. The molecule has 4 aromatic rings. The molecule has 0 bridgehead atoms. The van der Waals surface area contributed by atoms with Crippen LogP contribution in [0.1, 0.15) is 29.4 Å². The molecule has 4 heterocycles. The fourth-order valence-electron chi connectivity index (χ4n) is 3.71. The average Bonchev–Trinajstić information content (AvgIpc) is 3.43. The van der Waals surface area contributed by atoms with E-state index in [0.29, 0.717) is 28.7 Å². The van der Waals surface area contributed by atoms with Crippen LogP contribution in [-0.2, 0) is 23.1 Å². The molecular weight excluding hydrogens is 374 g/mol. The number of aromatic nitrogens is 3. The van der Waals surface area contributed by atoms with Crippen LogP contribution in [0.25, 0.3) is 11.0 Å². The highest BCUT2D eigenvalue weighted by Crippen LogP contribution is 2.41. The van der Waals surface area contributed by atoms with E-state index in [9.17, 15) is 9.59 Å². The van der Waals surface area contributed by atoms with Crippen LogP contribution in [0.3, 0.4) is 0 Å². The Morgan fingerprint density at radius 1 is 1.31 bits per heavy atom. The lowest BCUT2D eigenvalue weighted by Crippen LogP contribution is -2.25. The Morgan fingerprint density at radius 3 is 3.00 bits per heavy atom. The van der Waals surface area contributed by atoms with E-state index in [-0.39, 0.29) is 30.6 Å². The largest absolute Gasteiger partial charge is 0.469 e. The number of anilines is 2. The molecule has 2 N–H and O–H groups in total. The molecule has 9 heteroatoms. The second kappa shape index (κ2) is 6.62. The van der Waals surface area contributed by atoms with Gasteiger partial charge in [-0.15, -0.1) is 0 Å². The maximum absolute atomic E-state index is 12.7. The van der Waals surface area contributed by atoms with E-state index in [4.69, 9.17) is 8.94 Å². The summed E-state index contributed by atoms with van der Waals surface area (Å²) in [4.78, 5) is 24.9. The SMILES string of the molecule is Cn1nc(NC(=O)Cc2noc3ccccc23)c2c1NC(=O)C[C@@H]2c1ccco1. The molecule has 1 aliphatic rings. The normalized spacial score (nSPS) is 15.9. The number of nitrogens with zero attached hydrogens (tertiary/aromatic N) is 3. The summed E-state index contributed by atoms with van der Waals surface area (Å²) in [7, 11) is 1.71. The molecule has 0 unspecified atom stereocenters. The average molecular weight is 391 g/mol. The van der Waals surface area contributed by atoms with Gasteiger partial charge in [-0.25, -0.2) is 0 Å². The van der Waals surface area contributed by atoms with Crippen molar-refractivity contribution >= 4 is 34.4 Å². The first-order valence-corrected chi connectivity index (χ1v) is 9.13. The molecule has 1 aliphatic heterocycles. The van der Waals surface area contributed by atoms with Gasteiger partial charge in [-0.1, -0.05) is 17.3 Å². The van der Waals surface area contributed by atoms with Gasteiger partial charge in [0, 0.05) is 18.9 Å². The Morgan fingerprint density at radius 2 is 2.17 bits per heavy atom. The van der Waals surface area contributed by atoms with Crippen molar-refractivity contribution in [2.75, 3.05) is 10.6 Å². The van der Waals surface area contributed by atoms with Gasteiger partial charge in [-0.3, -0.25) is 14.3 Å². The Hall–Kier alpha value is -3.88. The molecule has 3 aromatic heterocycles. The molecule has 9 nitrogen and oxygen atoms in total. The van der Waals surface area contributed by atoms with Gasteiger partial charge >= 0.3 is 0 Å². The number of hydrogen-bond donors (Lipinski definition) is 2. The van der Waals surface area contributed by atoms with Crippen molar-refractivity contribution in [2.24, 2.45) is 7.05 Å². The summed E-state index contributed by atoms with van der Waals surface area (Å²) in [5, 5.41) is 14.9. The number of aryl methyl sites for hydroxylation is 1. The van der Waals surface area contributed by atoms with Crippen molar-refractivity contribution in [1.82, 2.24) is 14.9 Å². The molecular formula is C20H17N5O4. The summed E-state index contributed by atoms with van der Waals surface area (Å²) >= 11 is 0. The van der Waals surface area contributed by atoms with Gasteiger partial charge in [0.15, 0.2) is 11.4 Å². The number of para-hydroxylation sites is 1. The molecule has 146 valence electrons. The van der Waals surface area contributed by atoms with Gasteiger partial charge in [0.1, 0.15) is 17.3 Å². The Kier molecular flexibility index (Phi) is 3.94. The van der Waals surface area contributed by atoms with Crippen molar-refractivity contribution in [1.29, 1.82) is 0 Å². The maximum atomic E-state index is 12.7. The van der Waals surface area contributed by atoms with Crippen LogP contribution in [0.5, 0.6) is 0 Å². The zero-order valence-electron chi connectivity index (χ0n) is 15.5. The first-order chi connectivity index (χ1) is 14.1. The first-order valence-electron chi connectivity index (χ1n) is 9.13. The molecule has 29 heavy (non-hydrogen) atoms. The minimum atomic E-state index is -0.328. The van der Waals surface area contributed by atoms with Crippen LogP contribution < -0.4 is 10.6 Å². The molecule has 0 fully saturated rings. The highest BCUT2D eigenvalue weighted by molar-refractivity contribution is 5.99. The van der Waals surface area contributed by atoms with Crippen LogP contribution in [0.2, 0.25) is 0 Å². The topological polar surface area (TPSA) is 115 Å². The van der Waals surface area contributed by atoms with Crippen molar-refractivity contribution < 1.29 is 18.5 Å². The van der Waals surface area contributed by atoms with E-state index in [0.717, 1.165) is 10.9 Å². The number of furan rings is 1. The summed E-state index contributed by atoms with van der Waals surface area (Å²) < 4.78 is 12.3. The lowest BCUT2D eigenvalue weighted by atomic mass is 9.91. The maximum Gasteiger partial charge on any atom is 0.231 e. The molecule has 0 spiro atoms. The third kappa shape index (κ3) is 2.96. The Labute approximate surface area is 164 Å². The summed E-state index contributed by atoms with van der Waals surface area (Å²) in [6.45, 7) is 0. The van der Waals surface area contributed by atoms with Gasteiger partial charge in [-0.2, -0.15) is 5.10 Å². The minimum absolute atomic E-state index is 0.0418. The predicted octanol–water partition coefficient (Wildman–Crippen LogP) is 2.81. The highest BCUT2D eigenvalue weighted by Gasteiger charge is 2.35. The van der Waals surface area contributed by atoms with Gasteiger partial charge in [0.25, 0.3) is 0 Å². The molecule has 0 saturated carbocycles. The van der Waals surface area contributed by atoms with E-state index in [1.54, 1.807) is 30.1 Å². The van der Waals surface area contributed by atoms with Crippen molar-refractivity contribution in [3.05, 3.63) is 59.7 Å². The van der Waals surface area contributed by atoms with Crippen LogP contribution >= 0.6 is 0 Å². The molecule has 0 saturated heterocycles. The van der Waals surface area contributed by atoms with Crippen LogP contribution in [0.15, 0.2) is 51.6 Å². The van der Waals surface area contributed by atoms with Crippen LogP contribution in [0.4, 0.5) is 11.6 Å². The van der Waals surface area contributed by atoms with Crippen molar-refractivity contribution in [3.8, 4) is 0 Å². The zero-order chi connectivity index (χ0) is 20.0. The molecule has 0 aliphatic carbocycles. The Balaban J connectivity index is 1.45. The number of amides is 2. The summed E-state index contributed by atoms with van der Waals surface area (Å²) in [6, 6.07) is 11.0. The van der Waals surface area contributed by atoms with E-state index in [1.807, 2.05) is 24.3 Å². The number of nitrogens with one attached hydrogen (secondary N) is 2. The first kappa shape index (κ1) is 17.2. The van der Waals surface area contributed by atoms with Crippen LogP contribution in [0, 0.1) is 0 Å². The minimum Gasteiger partial charge on any atom is -0.469 e. The van der Waals surface area contributed by atoms with Gasteiger partial charge in [-0.05, 0) is 24.3 Å². The third-order valence-corrected chi connectivity index (χ3v) is 5.00. The lowest BCUT2D eigenvalue weighted by molar-refractivity contribution is -0.117. The molecule has 2 amide bonds. The standard InChI is InChI=1S/C20H17N5O4/c1-25-20-18(12(9-16(26)22-20)14-7-4-8-28-14)19(23-25)21-17(27)10-13-11-5-2-3-6-15(11)29-24-13/h2-8,12H,9-10H2,1H3,(H,22,26)(H,21,23,27)/t12-/m1/s1. The Bertz CT molecular complexity index is 1220. The van der Waals surface area contributed by atoms with Crippen LogP contribution in [-0.4, -0.2) is 26.8 Å². The predicted molar refractivity (Wildman–Crippen MR) is 103 cm³/mol. The van der Waals surface area contributed by atoms with Crippen molar-refractivity contribution in [2.45, 2.75) is 18.8 Å². The number of carbonyl (C=O) groups is 2. The monoisotopic (exact) mass is 391 g/mol. The molecule has 1 aromatic carbocycles. The number of carbonyl (C=O) groups excluding carboxylic acids is 2. The highest BCUT2D eigenvalue weighted by atomic mass is 16.5. The summed E-state index contributed by atoms with van der Waals surface area (Å²) in [6.07, 6.45) is 1.81. The number of hydrogen-bond acceptors (Lipinski definition) is 6. The summed E-state index contributed by atoms with van der Waals surface area (Å²) in [5.74, 6) is 0.846. The molecule has 1 atom stereocenters. The van der Waals surface area contributed by atoms with E-state index in [2.05, 4.69) is 20.9 Å². The number of fused-ring (bicyclic) bond motifs is 2. The zero-order valence-corrected chi connectivity index (χ0v) is 15.5. The van der Waals surface area contributed by atoms with E-state index in [1.165, 1.54) is 0 Å². The summed E-state index contributed by atoms with van der Waals surface area (Å²) in [5.41, 5.74) is 1.91. The molecule has 0 radical (unpaired) electrons. The van der Waals surface area contributed by atoms with E-state index >= 15 is 0 Å². The van der Waals surface area contributed by atoms with Gasteiger partial charge in [0.05, 0.1) is 24.2 Å². The number of rotatable bonds is 4. The van der Waals surface area contributed by atoms with Gasteiger partial charge in [0.2, 0.25) is 11.8 Å². The second-order valence-corrected chi connectivity index (χ2v) is 6.91. The van der Waals surface area contributed by atoms with Crippen molar-refractivity contribution in [3.63, 3.8) is 0 Å². The quantitative estimate of drug-likeness (QED) is 0.553. The van der Waals surface area contributed by atoms with Gasteiger partial charge < -0.3 is 19.6 Å². The molecule has 5 rings (SSSR count). The fourth-order valence-corrected chi connectivity index (χ4v) is 3.71. The second-order valence-electron chi connectivity index (χ2n) is 6.91. The van der Waals surface area contributed by atoms with E-state index < -0.39 is 0 Å².